The number of rotatable bonds is 6. The molecule has 3 N–H and O–H groups in total. The zero-order valence-electron chi connectivity index (χ0n) is 17.6. The van der Waals surface area contributed by atoms with Gasteiger partial charge in [0.25, 0.3) is 0 Å². The number of hydrogen-bond acceptors (Lipinski definition) is 6. The van der Waals surface area contributed by atoms with Gasteiger partial charge in [0.2, 0.25) is 14.2 Å². The van der Waals surface area contributed by atoms with Crippen LogP contribution in [0.1, 0.15) is 20.8 Å². The Hall–Kier alpha value is -3.06. The number of hydrogen-bond donors (Lipinski definition) is 2. The SMILES string of the molecule is CC(C)(C)[Si](C)(C)Oc1ccc(Nc2cc(Oc3ccc(N)cc3)ncn2)cc1. The van der Waals surface area contributed by atoms with Crippen molar-refractivity contribution >= 4 is 25.5 Å². The lowest BCUT2D eigenvalue weighted by Gasteiger charge is -2.36. The van der Waals surface area contributed by atoms with Crippen LogP contribution in [0.2, 0.25) is 18.1 Å². The summed E-state index contributed by atoms with van der Waals surface area (Å²) in [6.45, 7) is 11.2. The Morgan fingerprint density at radius 3 is 2.14 bits per heavy atom. The highest BCUT2D eigenvalue weighted by atomic mass is 28.4. The van der Waals surface area contributed by atoms with Gasteiger partial charge < -0.3 is 20.2 Å². The van der Waals surface area contributed by atoms with E-state index in [0.29, 0.717) is 23.1 Å². The molecule has 0 fully saturated rings. The maximum Gasteiger partial charge on any atom is 0.250 e. The van der Waals surface area contributed by atoms with Crippen LogP contribution in [0.15, 0.2) is 60.9 Å². The van der Waals surface area contributed by atoms with Crippen LogP contribution in [0.5, 0.6) is 17.4 Å². The van der Waals surface area contributed by atoms with Crippen LogP contribution < -0.4 is 20.2 Å². The Labute approximate surface area is 173 Å². The Bertz CT molecular complexity index is 952. The Morgan fingerprint density at radius 2 is 1.52 bits per heavy atom. The average Bonchev–Trinajstić information content (AvgIpc) is 2.64. The summed E-state index contributed by atoms with van der Waals surface area (Å²) in [7, 11) is -1.85. The first-order valence-corrected chi connectivity index (χ1v) is 12.4. The first kappa shape index (κ1) is 20.7. The molecule has 0 unspecified atom stereocenters. The first-order chi connectivity index (χ1) is 13.6. The van der Waals surface area contributed by atoms with Crippen molar-refractivity contribution in [2.45, 2.75) is 38.9 Å². The minimum absolute atomic E-state index is 0.158. The van der Waals surface area contributed by atoms with E-state index in [4.69, 9.17) is 14.9 Å². The van der Waals surface area contributed by atoms with Crippen LogP contribution in [0.4, 0.5) is 17.2 Å². The van der Waals surface area contributed by atoms with Crippen molar-refractivity contribution in [1.29, 1.82) is 0 Å². The van der Waals surface area contributed by atoms with E-state index in [1.54, 1.807) is 30.3 Å². The summed E-state index contributed by atoms with van der Waals surface area (Å²) in [5, 5.41) is 3.42. The fourth-order valence-electron chi connectivity index (χ4n) is 2.32. The molecule has 6 nitrogen and oxygen atoms in total. The molecule has 7 heteroatoms. The van der Waals surface area contributed by atoms with Gasteiger partial charge in [-0.2, -0.15) is 0 Å². The minimum Gasteiger partial charge on any atom is -0.544 e. The Balaban J connectivity index is 1.66. The molecule has 0 saturated heterocycles. The molecule has 3 rings (SSSR count). The number of nitrogens with two attached hydrogens (primary N) is 1. The molecule has 1 heterocycles. The van der Waals surface area contributed by atoms with Gasteiger partial charge in [0.1, 0.15) is 23.6 Å². The van der Waals surface area contributed by atoms with Crippen LogP contribution >= 0.6 is 0 Å². The summed E-state index contributed by atoms with van der Waals surface area (Å²) < 4.78 is 12.1. The van der Waals surface area contributed by atoms with E-state index in [1.807, 2.05) is 24.3 Å². The van der Waals surface area contributed by atoms with Crippen molar-refractivity contribution in [2.24, 2.45) is 0 Å². The van der Waals surface area contributed by atoms with Crippen LogP contribution in [0.25, 0.3) is 0 Å². The van der Waals surface area contributed by atoms with Crippen LogP contribution in [0, 0.1) is 0 Å². The Kier molecular flexibility index (Phi) is 5.79. The molecule has 0 aliphatic heterocycles. The number of anilines is 3. The van der Waals surface area contributed by atoms with E-state index in [0.717, 1.165) is 11.4 Å². The van der Waals surface area contributed by atoms with E-state index in [1.165, 1.54) is 6.33 Å². The third kappa shape index (κ3) is 5.48. The molecule has 3 aromatic rings. The summed E-state index contributed by atoms with van der Waals surface area (Å²) >= 11 is 0. The van der Waals surface area contributed by atoms with Gasteiger partial charge in [-0.15, -0.1) is 0 Å². The van der Waals surface area contributed by atoms with E-state index in [9.17, 15) is 0 Å². The summed E-state index contributed by atoms with van der Waals surface area (Å²) in [5.74, 6) is 2.64. The van der Waals surface area contributed by atoms with Gasteiger partial charge in [-0.1, -0.05) is 20.8 Å². The van der Waals surface area contributed by atoms with Gasteiger partial charge in [0.05, 0.1) is 0 Å². The zero-order chi connectivity index (χ0) is 21.1. The predicted octanol–water partition coefficient (Wildman–Crippen LogP) is 5.98. The fourth-order valence-corrected chi connectivity index (χ4v) is 3.35. The summed E-state index contributed by atoms with van der Waals surface area (Å²) in [5.41, 5.74) is 7.29. The number of aromatic nitrogens is 2. The van der Waals surface area contributed by atoms with Gasteiger partial charge in [-0.3, -0.25) is 0 Å². The van der Waals surface area contributed by atoms with Crippen molar-refractivity contribution < 1.29 is 9.16 Å². The van der Waals surface area contributed by atoms with Gasteiger partial charge in [-0.25, -0.2) is 9.97 Å². The Morgan fingerprint density at radius 1 is 0.897 bits per heavy atom. The minimum atomic E-state index is -1.85. The second-order valence-electron chi connectivity index (χ2n) is 8.42. The monoisotopic (exact) mass is 408 g/mol. The molecule has 0 saturated carbocycles. The first-order valence-electron chi connectivity index (χ1n) is 9.54. The highest BCUT2D eigenvalue weighted by molar-refractivity contribution is 6.74. The second kappa shape index (κ2) is 8.12. The maximum absolute atomic E-state index is 6.32. The molecule has 0 aliphatic carbocycles. The van der Waals surface area contributed by atoms with Crippen molar-refractivity contribution in [3.8, 4) is 17.4 Å². The molecule has 0 amide bonds. The fraction of sp³-hybridized carbons (Fsp3) is 0.273. The van der Waals surface area contributed by atoms with Gasteiger partial charge in [-0.05, 0) is 66.7 Å². The summed E-state index contributed by atoms with van der Waals surface area (Å²) in [6.07, 6.45) is 1.46. The summed E-state index contributed by atoms with van der Waals surface area (Å²) in [4.78, 5) is 8.41. The largest absolute Gasteiger partial charge is 0.544 e. The van der Waals surface area contributed by atoms with Gasteiger partial charge in [0, 0.05) is 17.4 Å². The van der Waals surface area contributed by atoms with Gasteiger partial charge >= 0.3 is 0 Å². The van der Waals surface area contributed by atoms with E-state index >= 15 is 0 Å². The standard InChI is InChI=1S/C22H28N4O2Si/c1-22(2,3)29(4,5)28-19-12-8-17(9-13-19)26-20-14-21(25-15-24-20)27-18-10-6-16(23)7-11-18/h6-15H,23H2,1-5H3,(H,24,25,26). The molecular formula is C22H28N4O2Si. The van der Waals surface area contributed by atoms with Crippen LogP contribution in [-0.4, -0.2) is 18.3 Å². The number of benzene rings is 2. The molecule has 0 aliphatic rings. The number of ether oxygens (including phenoxy) is 1. The highest BCUT2D eigenvalue weighted by Crippen LogP contribution is 2.37. The third-order valence-corrected chi connectivity index (χ3v) is 9.41. The molecule has 2 aromatic carbocycles. The topological polar surface area (TPSA) is 82.3 Å². The molecule has 0 bridgehead atoms. The van der Waals surface area contributed by atoms with Crippen molar-refractivity contribution in [3.05, 3.63) is 60.9 Å². The lowest BCUT2D eigenvalue weighted by atomic mass is 10.2. The van der Waals surface area contributed by atoms with Gasteiger partial charge in [0.15, 0.2) is 0 Å². The van der Waals surface area contributed by atoms with E-state index in [2.05, 4.69) is 49.1 Å². The molecule has 29 heavy (non-hydrogen) atoms. The lowest BCUT2D eigenvalue weighted by molar-refractivity contribution is 0.462. The van der Waals surface area contributed by atoms with Crippen LogP contribution in [0.3, 0.4) is 0 Å². The molecule has 0 radical (unpaired) electrons. The maximum atomic E-state index is 6.32. The van der Waals surface area contributed by atoms with Crippen molar-refractivity contribution in [1.82, 2.24) is 9.97 Å². The lowest BCUT2D eigenvalue weighted by Crippen LogP contribution is -2.43. The summed E-state index contributed by atoms with van der Waals surface area (Å²) in [6, 6.07) is 16.8. The predicted molar refractivity (Wildman–Crippen MR) is 121 cm³/mol. The highest BCUT2D eigenvalue weighted by Gasteiger charge is 2.38. The molecular weight excluding hydrogens is 380 g/mol. The zero-order valence-corrected chi connectivity index (χ0v) is 18.6. The normalized spacial score (nSPS) is 11.8. The average molecular weight is 409 g/mol. The molecule has 0 atom stereocenters. The third-order valence-electron chi connectivity index (χ3n) is 5.05. The molecule has 152 valence electrons. The molecule has 0 spiro atoms. The quantitative estimate of drug-likeness (QED) is 0.386. The van der Waals surface area contributed by atoms with Crippen molar-refractivity contribution in [3.63, 3.8) is 0 Å². The number of nitrogens with zero attached hydrogens (tertiary/aromatic N) is 2. The molecule has 1 aromatic heterocycles. The van der Waals surface area contributed by atoms with Crippen LogP contribution in [-0.2, 0) is 0 Å². The second-order valence-corrected chi connectivity index (χ2v) is 13.1. The number of nitrogens with one attached hydrogen (secondary N) is 1. The van der Waals surface area contributed by atoms with Crippen molar-refractivity contribution in [2.75, 3.05) is 11.1 Å². The smallest absolute Gasteiger partial charge is 0.250 e. The van der Waals surface area contributed by atoms with E-state index in [-0.39, 0.29) is 5.04 Å². The van der Waals surface area contributed by atoms with E-state index < -0.39 is 8.32 Å². The number of nitrogen functional groups attached to an aromatic ring is 1.